The van der Waals surface area contributed by atoms with E-state index in [-0.39, 0.29) is 17.4 Å². The van der Waals surface area contributed by atoms with E-state index >= 15 is 0 Å². The molecule has 1 amide bonds. The minimum Gasteiger partial charge on any atom is -0.342 e. The summed E-state index contributed by atoms with van der Waals surface area (Å²) in [6, 6.07) is 1.55. The summed E-state index contributed by atoms with van der Waals surface area (Å²) >= 11 is 1.56. The number of aromatic nitrogens is 3. The summed E-state index contributed by atoms with van der Waals surface area (Å²) in [5.74, 6) is 0.848. The van der Waals surface area contributed by atoms with Crippen molar-refractivity contribution in [1.29, 1.82) is 0 Å². The van der Waals surface area contributed by atoms with Crippen LogP contribution in [0.5, 0.6) is 0 Å². The molecule has 1 saturated heterocycles. The Kier molecular flexibility index (Phi) is 4.56. The van der Waals surface area contributed by atoms with Crippen molar-refractivity contribution in [1.82, 2.24) is 19.9 Å². The third-order valence-corrected chi connectivity index (χ3v) is 4.89. The number of H-pyrrole nitrogens is 1. The molecular formula is C16H20N4O2S. The van der Waals surface area contributed by atoms with Crippen molar-refractivity contribution in [2.45, 2.75) is 39.0 Å². The van der Waals surface area contributed by atoms with Gasteiger partial charge < -0.3 is 9.88 Å². The van der Waals surface area contributed by atoms with Gasteiger partial charge in [-0.3, -0.25) is 9.59 Å². The molecule has 1 fully saturated rings. The van der Waals surface area contributed by atoms with E-state index in [1.54, 1.807) is 24.3 Å². The van der Waals surface area contributed by atoms with Crippen LogP contribution in [-0.4, -0.2) is 38.8 Å². The molecule has 0 radical (unpaired) electrons. The summed E-state index contributed by atoms with van der Waals surface area (Å²) in [5, 5.41) is 2.92. The lowest BCUT2D eigenvalue weighted by molar-refractivity contribution is -0.131. The van der Waals surface area contributed by atoms with Crippen LogP contribution in [0.15, 0.2) is 16.2 Å². The second-order valence-corrected chi connectivity index (χ2v) is 7.03. The normalized spacial score (nSPS) is 18.2. The van der Waals surface area contributed by atoms with Crippen molar-refractivity contribution in [2.75, 3.05) is 13.1 Å². The monoisotopic (exact) mass is 332 g/mol. The van der Waals surface area contributed by atoms with Crippen molar-refractivity contribution in [3.63, 3.8) is 0 Å². The first kappa shape index (κ1) is 15.9. The zero-order chi connectivity index (χ0) is 16.4. The molecule has 7 heteroatoms. The summed E-state index contributed by atoms with van der Waals surface area (Å²) in [5.41, 5.74) is 1.49. The minimum absolute atomic E-state index is 0.0987. The zero-order valence-corrected chi connectivity index (χ0v) is 14.2. The first-order valence-electron chi connectivity index (χ1n) is 7.78. The zero-order valence-electron chi connectivity index (χ0n) is 13.3. The maximum atomic E-state index is 12.5. The van der Waals surface area contributed by atoms with Crippen molar-refractivity contribution in [3.8, 4) is 0 Å². The Balaban J connectivity index is 1.70. The highest BCUT2D eigenvalue weighted by Crippen LogP contribution is 2.25. The molecule has 0 saturated carbocycles. The molecule has 2 aromatic heterocycles. The van der Waals surface area contributed by atoms with E-state index in [0.717, 1.165) is 35.8 Å². The second kappa shape index (κ2) is 6.62. The predicted molar refractivity (Wildman–Crippen MR) is 88.7 cm³/mol. The first-order chi connectivity index (χ1) is 11.0. The Morgan fingerprint density at radius 1 is 1.43 bits per heavy atom. The van der Waals surface area contributed by atoms with Gasteiger partial charge in [0.2, 0.25) is 5.91 Å². The van der Waals surface area contributed by atoms with E-state index in [1.807, 2.05) is 17.2 Å². The fourth-order valence-electron chi connectivity index (χ4n) is 3.01. The van der Waals surface area contributed by atoms with Crippen LogP contribution >= 0.6 is 11.3 Å². The van der Waals surface area contributed by atoms with Crippen LogP contribution in [0, 0.1) is 13.8 Å². The SMILES string of the molecule is Cc1nc([C@@H]2CCCN(C(=O)Cc3csc(C)n3)C2)cc(=O)[nH]1. The van der Waals surface area contributed by atoms with Crippen molar-refractivity contribution < 1.29 is 4.79 Å². The van der Waals surface area contributed by atoms with Gasteiger partial charge in [-0.15, -0.1) is 11.3 Å². The van der Waals surface area contributed by atoms with E-state index in [1.165, 1.54) is 0 Å². The maximum absolute atomic E-state index is 12.5. The van der Waals surface area contributed by atoms with Gasteiger partial charge in [-0.25, -0.2) is 9.97 Å². The number of likely N-dealkylation sites (tertiary alicyclic amines) is 1. The van der Waals surface area contributed by atoms with Gasteiger partial charge in [-0.05, 0) is 26.7 Å². The summed E-state index contributed by atoms with van der Waals surface area (Å²) in [7, 11) is 0. The van der Waals surface area contributed by atoms with Gasteiger partial charge in [0.15, 0.2) is 0 Å². The van der Waals surface area contributed by atoms with Crippen LogP contribution < -0.4 is 5.56 Å². The van der Waals surface area contributed by atoms with Gasteiger partial charge in [-0.2, -0.15) is 0 Å². The Morgan fingerprint density at radius 2 is 2.26 bits per heavy atom. The molecule has 2 aromatic rings. The molecule has 122 valence electrons. The fourth-order valence-corrected chi connectivity index (χ4v) is 3.63. The number of carbonyl (C=O) groups is 1. The number of nitrogens with zero attached hydrogens (tertiary/aromatic N) is 3. The minimum atomic E-state index is -0.131. The summed E-state index contributed by atoms with van der Waals surface area (Å²) in [4.78, 5) is 37.5. The standard InChI is InChI=1S/C16H20N4O2S/c1-10-17-14(7-15(21)18-10)12-4-3-5-20(8-12)16(22)6-13-9-23-11(2)19-13/h7,9,12H,3-6,8H2,1-2H3,(H,17,18,21)/t12-/m1/s1. The molecule has 0 bridgehead atoms. The predicted octanol–water partition coefficient (Wildman–Crippen LogP) is 1.79. The largest absolute Gasteiger partial charge is 0.342 e. The van der Waals surface area contributed by atoms with Gasteiger partial charge in [0, 0.05) is 30.5 Å². The number of aryl methyl sites for hydroxylation is 2. The number of carbonyl (C=O) groups excluding carboxylic acids is 1. The molecule has 1 N–H and O–H groups in total. The lowest BCUT2D eigenvalue weighted by atomic mass is 9.94. The Hall–Kier alpha value is -2.02. The quantitative estimate of drug-likeness (QED) is 0.929. The topological polar surface area (TPSA) is 79.0 Å². The molecule has 1 aliphatic heterocycles. The molecule has 1 aliphatic rings. The molecule has 0 unspecified atom stereocenters. The van der Waals surface area contributed by atoms with Crippen molar-refractivity contribution in [3.05, 3.63) is 44.0 Å². The molecule has 0 aromatic carbocycles. The molecule has 23 heavy (non-hydrogen) atoms. The summed E-state index contributed by atoms with van der Waals surface area (Å²) in [6.45, 7) is 5.11. The van der Waals surface area contributed by atoms with Crippen LogP contribution in [0.3, 0.4) is 0 Å². The van der Waals surface area contributed by atoms with E-state index in [0.29, 0.717) is 18.8 Å². The van der Waals surface area contributed by atoms with Crippen LogP contribution in [0.25, 0.3) is 0 Å². The summed E-state index contributed by atoms with van der Waals surface area (Å²) in [6.07, 6.45) is 2.23. The first-order valence-corrected chi connectivity index (χ1v) is 8.66. The third-order valence-electron chi connectivity index (χ3n) is 4.07. The Bertz CT molecular complexity index is 767. The second-order valence-electron chi connectivity index (χ2n) is 5.97. The number of aromatic amines is 1. The Labute approximate surface area is 138 Å². The molecule has 0 spiro atoms. The molecule has 6 nitrogen and oxygen atoms in total. The average molecular weight is 332 g/mol. The van der Waals surface area contributed by atoms with E-state index in [2.05, 4.69) is 15.0 Å². The lowest BCUT2D eigenvalue weighted by Crippen LogP contribution is -2.40. The van der Waals surface area contributed by atoms with Gasteiger partial charge in [0.1, 0.15) is 5.82 Å². The van der Waals surface area contributed by atoms with Gasteiger partial charge in [-0.1, -0.05) is 0 Å². The highest BCUT2D eigenvalue weighted by Gasteiger charge is 2.26. The van der Waals surface area contributed by atoms with Crippen LogP contribution in [0.4, 0.5) is 0 Å². The van der Waals surface area contributed by atoms with Crippen molar-refractivity contribution in [2.24, 2.45) is 0 Å². The van der Waals surface area contributed by atoms with Crippen LogP contribution in [0.1, 0.15) is 41.0 Å². The number of rotatable bonds is 3. The smallest absolute Gasteiger partial charge is 0.251 e. The number of hydrogen-bond acceptors (Lipinski definition) is 5. The number of hydrogen-bond donors (Lipinski definition) is 1. The van der Waals surface area contributed by atoms with Gasteiger partial charge >= 0.3 is 0 Å². The number of piperidine rings is 1. The molecule has 3 heterocycles. The summed E-state index contributed by atoms with van der Waals surface area (Å²) < 4.78 is 0. The van der Waals surface area contributed by atoms with Gasteiger partial charge in [0.25, 0.3) is 5.56 Å². The fraction of sp³-hybridized carbons (Fsp3) is 0.500. The molecule has 3 rings (SSSR count). The highest BCUT2D eigenvalue weighted by atomic mass is 32.1. The molecule has 0 aliphatic carbocycles. The van der Waals surface area contributed by atoms with E-state index in [9.17, 15) is 9.59 Å². The van der Waals surface area contributed by atoms with Crippen molar-refractivity contribution >= 4 is 17.2 Å². The third kappa shape index (κ3) is 3.85. The lowest BCUT2D eigenvalue weighted by Gasteiger charge is -2.32. The average Bonchev–Trinajstić information content (AvgIpc) is 2.91. The van der Waals surface area contributed by atoms with Crippen LogP contribution in [-0.2, 0) is 11.2 Å². The molecular weight excluding hydrogens is 312 g/mol. The number of amides is 1. The van der Waals surface area contributed by atoms with E-state index in [4.69, 9.17) is 0 Å². The number of nitrogens with one attached hydrogen (secondary N) is 1. The number of thiazole rings is 1. The van der Waals surface area contributed by atoms with Gasteiger partial charge in [0.05, 0.1) is 22.8 Å². The van der Waals surface area contributed by atoms with Crippen LogP contribution in [0.2, 0.25) is 0 Å². The molecule has 1 atom stereocenters. The Morgan fingerprint density at radius 3 is 2.96 bits per heavy atom. The maximum Gasteiger partial charge on any atom is 0.251 e. The van der Waals surface area contributed by atoms with E-state index < -0.39 is 0 Å². The highest BCUT2D eigenvalue weighted by molar-refractivity contribution is 7.09.